The molecular formula is C18H29N3O2. The Morgan fingerprint density at radius 3 is 2.09 bits per heavy atom. The van der Waals surface area contributed by atoms with Gasteiger partial charge in [-0.15, -0.1) is 0 Å². The van der Waals surface area contributed by atoms with Crippen LogP contribution in [0.4, 0.5) is 0 Å². The summed E-state index contributed by atoms with van der Waals surface area (Å²) in [6.45, 7) is 8.57. The highest BCUT2D eigenvalue weighted by Crippen LogP contribution is 2.31. The second-order valence-electron chi connectivity index (χ2n) is 8.25. The molecule has 0 bridgehead atoms. The maximum Gasteiger partial charge on any atom is 0.227 e. The van der Waals surface area contributed by atoms with Crippen LogP contribution < -0.4 is 5.32 Å². The molecule has 0 radical (unpaired) electrons. The van der Waals surface area contributed by atoms with E-state index in [4.69, 9.17) is 0 Å². The third-order valence-corrected chi connectivity index (χ3v) is 5.62. The van der Waals surface area contributed by atoms with Crippen molar-refractivity contribution >= 4 is 11.8 Å². The Kier molecular flexibility index (Phi) is 5.03. The molecule has 2 fully saturated rings. The summed E-state index contributed by atoms with van der Waals surface area (Å²) in [5.41, 5.74) is -1.25. The van der Waals surface area contributed by atoms with Gasteiger partial charge in [-0.2, -0.15) is 5.26 Å². The van der Waals surface area contributed by atoms with Crippen molar-refractivity contribution < 1.29 is 9.59 Å². The zero-order valence-corrected chi connectivity index (χ0v) is 14.8. The lowest BCUT2D eigenvalue weighted by atomic mass is 9.75. The van der Waals surface area contributed by atoms with Gasteiger partial charge in [0.1, 0.15) is 5.54 Å². The molecule has 1 unspecified atom stereocenters. The van der Waals surface area contributed by atoms with Gasteiger partial charge in [0.15, 0.2) is 0 Å². The number of likely N-dealkylation sites (tertiary alicyclic amines) is 1. The van der Waals surface area contributed by atoms with Crippen molar-refractivity contribution in [3.63, 3.8) is 0 Å². The average molecular weight is 319 g/mol. The fourth-order valence-electron chi connectivity index (χ4n) is 3.16. The number of hydrogen-bond acceptors (Lipinski definition) is 3. The lowest BCUT2D eigenvalue weighted by Gasteiger charge is -2.43. The van der Waals surface area contributed by atoms with Crippen LogP contribution >= 0.6 is 0 Å². The van der Waals surface area contributed by atoms with Crippen LogP contribution in [-0.2, 0) is 9.59 Å². The quantitative estimate of drug-likeness (QED) is 0.868. The van der Waals surface area contributed by atoms with E-state index >= 15 is 0 Å². The van der Waals surface area contributed by atoms with Crippen LogP contribution in [0.3, 0.4) is 0 Å². The summed E-state index contributed by atoms with van der Waals surface area (Å²) in [5.74, 6) is 0.0774. The second-order valence-corrected chi connectivity index (χ2v) is 8.25. The minimum Gasteiger partial charge on any atom is -0.341 e. The normalized spacial score (nSPS) is 22.7. The molecule has 0 spiro atoms. The van der Waals surface area contributed by atoms with Gasteiger partial charge >= 0.3 is 0 Å². The Labute approximate surface area is 139 Å². The third kappa shape index (κ3) is 3.68. The number of nitriles is 1. The lowest BCUT2D eigenvalue weighted by molar-refractivity contribution is -0.147. The van der Waals surface area contributed by atoms with Gasteiger partial charge < -0.3 is 10.2 Å². The summed E-state index contributed by atoms with van der Waals surface area (Å²) in [7, 11) is 0. The van der Waals surface area contributed by atoms with Gasteiger partial charge in [-0.05, 0) is 25.2 Å². The van der Waals surface area contributed by atoms with E-state index in [9.17, 15) is 14.9 Å². The van der Waals surface area contributed by atoms with Crippen LogP contribution in [-0.4, -0.2) is 35.3 Å². The molecule has 2 aliphatic rings. The highest BCUT2D eigenvalue weighted by atomic mass is 16.2. The number of rotatable bonds is 3. The number of nitrogens with one attached hydrogen (secondary N) is 1. The third-order valence-electron chi connectivity index (χ3n) is 5.62. The first kappa shape index (κ1) is 17.8. The minimum absolute atomic E-state index is 0.114. The molecule has 5 nitrogen and oxygen atoms in total. The largest absolute Gasteiger partial charge is 0.341 e. The maximum absolute atomic E-state index is 12.4. The molecule has 1 aliphatic carbocycles. The Morgan fingerprint density at radius 2 is 1.61 bits per heavy atom. The number of nitrogens with zero attached hydrogens (tertiary/aromatic N) is 2. The SMILES string of the molecule is CC(C)(C)C(C)(C#N)NC(=O)C1CN(C(=O)C2CCCCC2)C1. The summed E-state index contributed by atoms with van der Waals surface area (Å²) in [6.07, 6.45) is 5.49. The molecule has 0 aromatic heterocycles. The Bertz CT molecular complexity index is 505. The van der Waals surface area contributed by atoms with E-state index in [2.05, 4.69) is 11.4 Å². The van der Waals surface area contributed by atoms with Crippen molar-refractivity contribution in [3.05, 3.63) is 0 Å². The summed E-state index contributed by atoms with van der Waals surface area (Å²) in [5, 5.41) is 12.3. The smallest absolute Gasteiger partial charge is 0.227 e. The number of carbonyl (C=O) groups is 2. The van der Waals surface area contributed by atoms with Crippen molar-refractivity contribution in [2.75, 3.05) is 13.1 Å². The molecule has 128 valence electrons. The predicted octanol–water partition coefficient (Wildman–Crippen LogP) is 2.47. The molecular weight excluding hydrogens is 290 g/mol. The fourth-order valence-corrected chi connectivity index (χ4v) is 3.16. The molecule has 1 heterocycles. The van der Waals surface area contributed by atoms with Crippen molar-refractivity contribution in [2.24, 2.45) is 17.3 Å². The Hall–Kier alpha value is -1.57. The monoisotopic (exact) mass is 319 g/mol. The summed E-state index contributed by atoms with van der Waals surface area (Å²) < 4.78 is 0. The van der Waals surface area contributed by atoms with Crippen molar-refractivity contribution in [1.29, 1.82) is 5.26 Å². The van der Waals surface area contributed by atoms with E-state index in [0.29, 0.717) is 13.1 Å². The molecule has 1 atom stereocenters. The maximum atomic E-state index is 12.4. The van der Waals surface area contributed by atoms with Gasteiger partial charge in [-0.1, -0.05) is 40.0 Å². The molecule has 5 heteroatoms. The first-order chi connectivity index (χ1) is 10.7. The molecule has 0 aromatic rings. The first-order valence-corrected chi connectivity index (χ1v) is 8.70. The lowest BCUT2D eigenvalue weighted by Crippen LogP contribution is -2.62. The first-order valence-electron chi connectivity index (χ1n) is 8.70. The van der Waals surface area contributed by atoms with Gasteiger partial charge in [0.25, 0.3) is 0 Å². The van der Waals surface area contributed by atoms with E-state index in [-0.39, 0.29) is 29.1 Å². The fraction of sp³-hybridized carbons (Fsp3) is 0.833. The summed E-state index contributed by atoms with van der Waals surface area (Å²) in [6, 6.07) is 2.23. The van der Waals surface area contributed by atoms with Crippen LogP contribution in [0.2, 0.25) is 0 Å². The van der Waals surface area contributed by atoms with Gasteiger partial charge in [0.05, 0.1) is 12.0 Å². The molecule has 1 saturated heterocycles. The number of hydrogen-bond donors (Lipinski definition) is 1. The summed E-state index contributed by atoms with van der Waals surface area (Å²) >= 11 is 0. The van der Waals surface area contributed by atoms with E-state index < -0.39 is 5.54 Å². The van der Waals surface area contributed by atoms with Gasteiger partial charge in [-0.25, -0.2) is 0 Å². The standard InChI is InChI=1S/C18H29N3O2/c1-17(2,3)18(4,12-19)20-15(22)14-10-21(11-14)16(23)13-8-6-5-7-9-13/h13-14H,5-11H2,1-4H3,(H,20,22). The van der Waals surface area contributed by atoms with Gasteiger partial charge in [-0.3, -0.25) is 9.59 Å². The molecule has 1 saturated carbocycles. The van der Waals surface area contributed by atoms with E-state index in [1.165, 1.54) is 6.42 Å². The molecule has 2 rings (SSSR count). The Morgan fingerprint density at radius 1 is 1.04 bits per heavy atom. The zero-order valence-electron chi connectivity index (χ0n) is 14.8. The molecule has 1 N–H and O–H groups in total. The number of carbonyl (C=O) groups excluding carboxylic acids is 2. The van der Waals surface area contributed by atoms with Crippen molar-refractivity contribution in [2.45, 2.75) is 65.3 Å². The van der Waals surface area contributed by atoms with Crippen LogP contribution in [0.1, 0.15) is 59.8 Å². The van der Waals surface area contributed by atoms with Crippen LogP contribution in [0.5, 0.6) is 0 Å². The number of amides is 2. The van der Waals surface area contributed by atoms with E-state index in [1.54, 1.807) is 11.8 Å². The highest BCUT2D eigenvalue weighted by Gasteiger charge is 2.44. The summed E-state index contributed by atoms with van der Waals surface area (Å²) in [4.78, 5) is 26.6. The second kappa shape index (κ2) is 6.51. The molecule has 23 heavy (non-hydrogen) atoms. The highest BCUT2D eigenvalue weighted by molar-refractivity contribution is 5.86. The Balaban J connectivity index is 1.86. The molecule has 0 aromatic carbocycles. The minimum atomic E-state index is -0.905. The van der Waals surface area contributed by atoms with Gasteiger partial charge in [0.2, 0.25) is 11.8 Å². The van der Waals surface area contributed by atoms with Crippen LogP contribution in [0, 0.1) is 28.6 Å². The molecule has 2 amide bonds. The van der Waals surface area contributed by atoms with E-state index in [0.717, 1.165) is 25.7 Å². The van der Waals surface area contributed by atoms with Crippen molar-refractivity contribution in [3.8, 4) is 6.07 Å². The molecule has 1 aliphatic heterocycles. The van der Waals surface area contributed by atoms with Crippen LogP contribution in [0.15, 0.2) is 0 Å². The van der Waals surface area contributed by atoms with Crippen LogP contribution in [0.25, 0.3) is 0 Å². The zero-order chi connectivity index (χ0) is 17.3. The predicted molar refractivity (Wildman–Crippen MR) is 88.3 cm³/mol. The van der Waals surface area contributed by atoms with Gasteiger partial charge in [0, 0.05) is 19.0 Å². The van der Waals surface area contributed by atoms with Crippen molar-refractivity contribution in [1.82, 2.24) is 10.2 Å². The topological polar surface area (TPSA) is 73.2 Å². The van der Waals surface area contributed by atoms with E-state index in [1.807, 2.05) is 20.8 Å². The average Bonchev–Trinajstić information content (AvgIpc) is 2.45.